The van der Waals surface area contributed by atoms with E-state index in [-0.39, 0.29) is 5.91 Å². The summed E-state index contributed by atoms with van der Waals surface area (Å²) in [6.45, 7) is 3.74. The highest BCUT2D eigenvalue weighted by Gasteiger charge is 2.28. The maximum Gasteiger partial charge on any atom is 0.246 e. The van der Waals surface area contributed by atoms with Gasteiger partial charge in [0.2, 0.25) is 5.91 Å². The van der Waals surface area contributed by atoms with Crippen molar-refractivity contribution in [3.05, 3.63) is 22.7 Å². The number of anilines is 2. The highest BCUT2D eigenvalue weighted by atomic mass is 79.9. The van der Waals surface area contributed by atoms with E-state index in [2.05, 4.69) is 22.9 Å². The molecule has 1 heterocycles. The maximum absolute atomic E-state index is 12.1. The van der Waals surface area contributed by atoms with E-state index in [0.29, 0.717) is 25.6 Å². The van der Waals surface area contributed by atoms with Crippen molar-refractivity contribution < 1.29 is 4.79 Å². The second kappa shape index (κ2) is 5.28. The largest absolute Gasteiger partial charge is 0.364 e. The van der Waals surface area contributed by atoms with Crippen molar-refractivity contribution in [1.29, 1.82) is 0 Å². The van der Waals surface area contributed by atoms with Crippen molar-refractivity contribution in [2.24, 2.45) is 11.7 Å². The standard InChI is InChI=1S/C13H18BrN3O/c1-9(6-15)7-17-11-4-3-10(14)5-12(11)16(2)8-13(17)18/h3-5,9H,6-8,15H2,1-2H3. The number of hydrogen-bond donors (Lipinski definition) is 1. The van der Waals surface area contributed by atoms with Crippen LogP contribution >= 0.6 is 15.9 Å². The Hall–Kier alpha value is -1.07. The van der Waals surface area contributed by atoms with Crippen molar-refractivity contribution >= 4 is 33.2 Å². The van der Waals surface area contributed by atoms with E-state index in [1.54, 1.807) is 0 Å². The summed E-state index contributed by atoms with van der Waals surface area (Å²) in [6.07, 6.45) is 0. The number of fused-ring (bicyclic) bond motifs is 1. The van der Waals surface area contributed by atoms with Gasteiger partial charge in [0, 0.05) is 18.1 Å². The molecule has 5 heteroatoms. The van der Waals surface area contributed by atoms with Crippen LogP contribution in [0.15, 0.2) is 22.7 Å². The van der Waals surface area contributed by atoms with Gasteiger partial charge in [0.1, 0.15) is 0 Å². The fourth-order valence-corrected chi connectivity index (χ4v) is 2.47. The minimum atomic E-state index is 0.132. The number of hydrogen-bond acceptors (Lipinski definition) is 3. The zero-order valence-electron chi connectivity index (χ0n) is 10.7. The molecular weight excluding hydrogens is 294 g/mol. The van der Waals surface area contributed by atoms with Crippen LogP contribution in [0.25, 0.3) is 0 Å². The number of likely N-dealkylation sites (N-methyl/N-ethyl adjacent to an activating group) is 1. The molecule has 2 N–H and O–H groups in total. The highest BCUT2D eigenvalue weighted by Crippen LogP contribution is 2.35. The normalized spacial score (nSPS) is 16.8. The lowest BCUT2D eigenvalue weighted by Crippen LogP contribution is -2.46. The molecule has 1 aliphatic rings. The number of halogens is 1. The highest BCUT2D eigenvalue weighted by molar-refractivity contribution is 9.10. The van der Waals surface area contributed by atoms with Crippen LogP contribution in [0.5, 0.6) is 0 Å². The zero-order valence-corrected chi connectivity index (χ0v) is 12.3. The predicted molar refractivity (Wildman–Crippen MR) is 78.0 cm³/mol. The van der Waals surface area contributed by atoms with Gasteiger partial charge in [0.15, 0.2) is 0 Å². The predicted octanol–water partition coefficient (Wildman–Crippen LogP) is 1.83. The van der Waals surface area contributed by atoms with Crippen LogP contribution in [0, 0.1) is 5.92 Å². The van der Waals surface area contributed by atoms with Gasteiger partial charge in [-0.25, -0.2) is 0 Å². The Morgan fingerprint density at radius 2 is 2.17 bits per heavy atom. The first-order valence-corrected chi connectivity index (χ1v) is 6.83. The Labute approximate surface area is 116 Å². The number of carbonyl (C=O) groups is 1. The van der Waals surface area contributed by atoms with Crippen LogP contribution < -0.4 is 15.5 Å². The number of benzene rings is 1. The molecule has 98 valence electrons. The van der Waals surface area contributed by atoms with Gasteiger partial charge >= 0.3 is 0 Å². The molecule has 0 bridgehead atoms. The molecule has 1 amide bonds. The van der Waals surface area contributed by atoms with Gasteiger partial charge < -0.3 is 15.5 Å². The van der Waals surface area contributed by atoms with Gasteiger partial charge in [0.25, 0.3) is 0 Å². The molecular formula is C13H18BrN3O. The Bertz CT molecular complexity index is 464. The minimum Gasteiger partial charge on any atom is -0.364 e. The van der Waals surface area contributed by atoms with Crippen LogP contribution in [-0.2, 0) is 4.79 Å². The molecule has 1 atom stereocenters. The number of rotatable bonds is 3. The van der Waals surface area contributed by atoms with E-state index in [1.807, 2.05) is 35.0 Å². The molecule has 18 heavy (non-hydrogen) atoms. The fourth-order valence-electron chi connectivity index (χ4n) is 2.12. The van der Waals surface area contributed by atoms with E-state index >= 15 is 0 Å². The van der Waals surface area contributed by atoms with E-state index in [4.69, 9.17) is 5.73 Å². The van der Waals surface area contributed by atoms with Gasteiger partial charge in [-0.15, -0.1) is 0 Å². The van der Waals surface area contributed by atoms with Gasteiger partial charge in [-0.3, -0.25) is 4.79 Å². The quantitative estimate of drug-likeness (QED) is 0.926. The van der Waals surface area contributed by atoms with Crippen LogP contribution in [0.4, 0.5) is 11.4 Å². The number of nitrogens with two attached hydrogens (primary N) is 1. The van der Waals surface area contributed by atoms with Crippen LogP contribution in [0.2, 0.25) is 0 Å². The summed E-state index contributed by atoms with van der Waals surface area (Å²) in [5.74, 6) is 0.432. The molecule has 1 aliphatic heterocycles. The topological polar surface area (TPSA) is 49.6 Å². The third-order valence-corrected chi connectivity index (χ3v) is 3.70. The molecule has 0 saturated heterocycles. The molecule has 1 unspecified atom stereocenters. The van der Waals surface area contributed by atoms with E-state index in [0.717, 1.165) is 15.8 Å². The van der Waals surface area contributed by atoms with Crippen molar-refractivity contribution in [3.8, 4) is 0 Å². The van der Waals surface area contributed by atoms with E-state index in [1.165, 1.54) is 0 Å². The zero-order chi connectivity index (χ0) is 13.3. The molecule has 0 spiro atoms. The molecule has 1 aromatic carbocycles. The van der Waals surface area contributed by atoms with Crippen molar-refractivity contribution in [1.82, 2.24) is 0 Å². The summed E-state index contributed by atoms with van der Waals surface area (Å²) in [5, 5.41) is 0. The smallest absolute Gasteiger partial charge is 0.246 e. The Balaban J connectivity index is 2.37. The molecule has 0 saturated carbocycles. The Kier molecular flexibility index (Phi) is 3.92. The molecule has 4 nitrogen and oxygen atoms in total. The SMILES string of the molecule is CC(CN)CN1C(=O)CN(C)c2cc(Br)ccc21. The monoisotopic (exact) mass is 311 g/mol. The second-order valence-electron chi connectivity index (χ2n) is 4.83. The average molecular weight is 312 g/mol. The lowest BCUT2D eigenvalue weighted by atomic mass is 10.1. The van der Waals surface area contributed by atoms with E-state index in [9.17, 15) is 4.79 Å². The second-order valence-corrected chi connectivity index (χ2v) is 5.75. The summed E-state index contributed by atoms with van der Waals surface area (Å²) < 4.78 is 1.02. The average Bonchev–Trinajstić information content (AvgIpc) is 2.34. The van der Waals surface area contributed by atoms with Crippen LogP contribution in [-0.4, -0.2) is 32.6 Å². The molecule has 0 aromatic heterocycles. The number of amides is 1. The summed E-state index contributed by atoms with van der Waals surface area (Å²) >= 11 is 3.47. The summed E-state index contributed by atoms with van der Waals surface area (Å²) in [6, 6.07) is 5.99. The Morgan fingerprint density at radius 3 is 2.83 bits per heavy atom. The van der Waals surface area contributed by atoms with Crippen LogP contribution in [0.1, 0.15) is 6.92 Å². The first-order valence-electron chi connectivity index (χ1n) is 6.04. The van der Waals surface area contributed by atoms with Gasteiger partial charge in [-0.05, 0) is 30.7 Å². The molecule has 0 radical (unpaired) electrons. The van der Waals surface area contributed by atoms with Crippen molar-refractivity contribution in [2.75, 3.05) is 36.5 Å². The van der Waals surface area contributed by atoms with E-state index < -0.39 is 0 Å². The lowest BCUT2D eigenvalue weighted by Gasteiger charge is -2.36. The summed E-state index contributed by atoms with van der Waals surface area (Å²) in [7, 11) is 1.94. The van der Waals surface area contributed by atoms with Crippen LogP contribution in [0.3, 0.4) is 0 Å². The lowest BCUT2D eigenvalue weighted by molar-refractivity contribution is -0.117. The third kappa shape index (κ3) is 2.52. The Morgan fingerprint density at radius 1 is 1.44 bits per heavy atom. The first-order chi connectivity index (χ1) is 8.52. The van der Waals surface area contributed by atoms with Crippen molar-refractivity contribution in [3.63, 3.8) is 0 Å². The summed E-state index contributed by atoms with van der Waals surface area (Å²) in [4.78, 5) is 16.0. The maximum atomic E-state index is 12.1. The fraction of sp³-hybridized carbons (Fsp3) is 0.462. The van der Waals surface area contributed by atoms with Gasteiger partial charge in [-0.1, -0.05) is 22.9 Å². The molecule has 1 aromatic rings. The third-order valence-electron chi connectivity index (χ3n) is 3.21. The van der Waals surface area contributed by atoms with Gasteiger partial charge in [0.05, 0.1) is 17.9 Å². The number of carbonyl (C=O) groups excluding carboxylic acids is 1. The number of nitrogens with zero attached hydrogens (tertiary/aromatic N) is 2. The first kappa shape index (κ1) is 13.4. The summed E-state index contributed by atoms with van der Waals surface area (Å²) in [5.41, 5.74) is 7.70. The molecule has 0 aliphatic carbocycles. The molecule has 0 fully saturated rings. The van der Waals surface area contributed by atoms with Crippen molar-refractivity contribution in [2.45, 2.75) is 6.92 Å². The molecule has 2 rings (SSSR count). The van der Waals surface area contributed by atoms with Gasteiger partial charge in [-0.2, -0.15) is 0 Å². The minimum absolute atomic E-state index is 0.132.